The van der Waals surface area contributed by atoms with Crippen LogP contribution in [0.1, 0.15) is 51.9 Å². The third kappa shape index (κ3) is 8.12. The number of hydrogen-bond donors (Lipinski definition) is 3. The van der Waals surface area contributed by atoms with Crippen LogP contribution in [0, 0.1) is 0 Å². The number of aliphatic hydroxyl groups is 2. The topological polar surface area (TPSA) is 71.0 Å². The summed E-state index contributed by atoms with van der Waals surface area (Å²) in [7, 11) is 0. The third-order valence-corrected chi connectivity index (χ3v) is 4.15. The van der Waals surface area contributed by atoms with Crippen molar-refractivity contribution in [3.05, 3.63) is 0 Å². The van der Waals surface area contributed by atoms with Gasteiger partial charge in [-0.05, 0) is 19.3 Å². The molecule has 126 valence electrons. The van der Waals surface area contributed by atoms with E-state index in [1.807, 2.05) is 0 Å². The lowest BCUT2D eigenvalue weighted by molar-refractivity contribution is -0.00144. The van der Waals surface area contributed by atoms with E-state index >= 15 is 0 Å². The second-order valence-electron chi connectivity index (χ2n) is 6.07. The van der Waals surface area contributed by atoms with Crippen molar-refractivity contribution in [1.29, 1.82) is 0 Å². The second kappa shape index (κ2) is 11.4. The molecular formula is C16H33NO4. The molecule has 1 aliphatic rings. The van der Waals surface area contributed by atoms with Crippen LogP contribution in [0.25, 0.3) is 0 Å². The predicted octanol–water partition coefficient (Wildman–Crippen LogP) is 1.47. The number of unbranched alkanes of at least 4 members (excludes halogenated alkanes) is 1. The molecule has 0 aromatic heterocycles. The minimum Gasteiger partial charge on any atom is -0.394 e. The lowest BCUT2D eigenvalue weighted by Gasteiger charge is -2.37. The monoisotopic (exact) mass is 303 g/mol. The summed E-state index contributed by atoms with van der Waals surface area (Å²) in [6.45, 7) is 4.94. The second-order valence-corrected chi connectivity index (χ2v) is 6.07. The summed E-state index contributed by atoms with van der Waals surface area (Å²) in [6.07, 6.45) is 7.20. The standard InChI is InChI=1S/C16H33NO4/c1-2-3-9-20-10-11-21-13-15(19)12-17-16(14-18)7-5-4-6-8-16/h15,17-19H,2-14H2,1H3. The first-order chi connectivity index (χ1) is 10.2. The van der Waals surface area contributed by atoms with E-state index in [-0.39, 0.29) is 12.1 Å². The molecule has 0 aliphatic heterocycles. The molecule has 0 aromatic rings. The summed E-state index contributed by atoms with van der Waals surface area (Å²) < 4.78 is 10.8. The lowest BCUT2D eigenvalue weighted by atomic mass is 9.82. The van der Waals surface area contributed by atoms with Crippen molar-refractivity contribution in [2.24, 2.45) is 0 Å². The lowest BCUT2D eigenvalue weighted by Crippen LogP contribution is -2.52. The van der Waals surface area contributed by atoms with Crippen molar-refractivity contribution in [1.82, 2.24) is 5.32 Å². The van der Waals surface area contributed by atoms with E-state index in [0.29, 0.717) is 26.4 Å². The van der Waals surface area contributed by atoms with E-state index in [2.05, 4.69) is 12.2 Å². The van der Waals surface area contributed by atoms with Gasteiger partial charge in [0.15, 0.2) is 0 Å². The molecule has 5 nitrogen and oxygen atoms in total. The quantitative estimate of drug-likeness (QED) is 0.476. The van der Waals surface area contributed by atoms with Gasteiger partial charge in [-0.25, -0.2) is 0 Å². The Kier molecular flexibility index (Phi) is 10.2. The molecule has 0 bridgehead atoms. The molecule has 1 saturated carbocycles. The number of ether oxygens (including phenoxy) is 2. The largest absolute Gasteiger partial charge is 0.394 e. The molecule has 21 heavy (non-hydrogen) atoms. The normalized spacial score (nSPS) is 19.6. The van der Waals surface area contributed by atoms with Crippen molar-refractivity contribution in [3.8, 4) is 0 Å². The van der Waals surface area contributed by atoms with Gasteiger partial charge in [-0.15, -0.1) is 0 Å². The van der Waals surface area contributed by atoms with Crippen LogP contribution in [0.5, 0.6) is 0 Å². The maximum absolute atomic E-state index is 9.92. The summed E-state index contributed by atoms with van der Waals surface area (Å²) in [5, 5.41) is 22.8. The number of aliphatic hydroxyl groups excluding tert-OH is 2. The minimum atomic E-state index is -0.536. The highest BCUT2D eigenvalue weighted by molar-refractivity contribution is 4.90. The zero-order valence-electron chi connectivity index (χ0n) is 13.5. The van der Waals surface area contributed by atoms with E-state index in [4.69, 9.17) is 9.47 Å². The molecule has 1 aliphatic carbocycles. The number of rotatable bonds is 12. The molecule has 3 N–H and O–H groups in total. The minimum absolute atomic E-state index is 0.145. The SMILES string of the molecule is CCCCOCCOCC(O)CNC1(CO)CCCCC1. The molecule has 0 amide bonds. The Hall–Kier alpha value is -0.200. The summed E-state index contributed by atoms with van der Waals surface area (Å²) in [4.78, 5) is 0. The van der Waals surface area contributed by atoms with Gasteiger partial charge >= 0.3 is 0 Å². The summed E-state index contributed by atoms with van der Waals surface area (Å²) in [5.74, 6) is 0. The zero-order chi connectivity index (χ0) is 15.4. The van der Waals surface area contributed by atoms with Gasteiger partial charge in [0.25, 0.3) is 0 Å². The zero-order valence-corrected chi connectivity index (χ0v) is 13.5. The Balaban J connectivity index is 2.03. The Morgan fingerprint density at radius 2 is 1.81 bits per heavy atom. The highest BCUT2D eigenvalue weighted by Gasteiger charge is 2.31. The van der Waals surface area contributed by atoms with Crippen LogP contribution in [0.2, 0.25) is 0 Å². The van der Waals surface area contributed by atoms with Gasteiger partial charge in [-0.1, -0.05) is 32.6 Å². The maximum Gasteiger partial charge on any atom is 0.0897 e. The van der Waals surface area contributed by atoms with Gasteiger partial charge in [0.1, 0.15) is 0 Å². The first-order valence-corrected chi connectivity index (χ1v) is 8.42. The Morgan fingerprint density at radius 3 is 2.48 bits per heavy atom. The smallest absolute Gasteiger partial charge is 0.0897 e. The summed E-state index contributed by atoms with van der Waals surface area (Å²) >= 11 is 0. The molecule has 1 atom stereocenters. The van der Waals surface area contributed by atoms with Gasteiger partial charge in [0.05, 0.1) is 32.5 Å². The van der Waals surface area contributed by atoms with Crippen LogP contribution >= 0.6 is 0 Å². The van der Waals surface area contributed by atoms with E-state index in [0.717, 1.165) is 45.1 Å². The van der Waals surface area contributed by atoms with Crippen molar-refractivity contribution in [3.63, 3.8) is 0 Å². The highest BCUT2D eigenvalue weighted by atomic mass is 16.5. The molecule has 1 unspecified atom stereocenters. The number of β-amino-alcohol motifs (C(OH)–C–C–N with tert-alkyl or cyclic N) is 1. The van der Waals surface area contributed by atoms with Gasteiger partial charge in [-0.2, -0.15) is 0 Å². The van der Waals surface area contributed by atoms with Gasteiger partial charge in [0.2, 0.25) is 0 Å². The average molecular weight is 303 g/mol. The van der Waals surface area contributed by atoms with Crippen LogP contribution in [0.3, 0.4) is 0 Å². The van der Waals surface area contributed by atoms with E-state index < -0.39 is 6.10 Å². The Morgan fingerprint density at radius 1 is 1.10 bits per heavy atom. The Bertz CT molecular complexity index is 244. The summed E-state index contributed by atoms with van der Waals surface area (Å²) in [5.41, 5.74) is -0.192. The molecule has 1 fully saturated rings. The molecule has 0 radical (unpaired) electrons. The first kappa shape index (κ1) is 18.8. The van der Waals surface area contributed by atoms with Crippen molar-refractivity contribution >= 4 is 0 Å². The fourth-order valence-corrected chi connectivity index (χ4v) is 2.70. The summed E-state index contributed by atoms with van der Waals surface area (Å²) in [6, 6.07) is 0. The van der Waals surface area contributed by atoms with Gasteiger partial charge in [-0.3, -0.25) is 0 Å². The van der Waals surface area contributed by atoms with Crippen LogP contribution < -0.4 is 5.32 Å². The van der Waals surface area contributed by atoms with Crippen LogP contribution in [0.4, 0.5) is 0 Å². The van der Waals surface area contributed by atoms with Gasteiger partial charge in [0, 0.05) is 18.7 Å². The van der Waals surface area contributed by atoms with Crippen molar-refractivity contribution in [2.45, 2.75) is 63.5 Å². The number of nitrogens with one attached hydrogen (secondary N) is 1. The first-order valence-electron chi connectivity index (χ1n) is 8.42. The van der Waals surface area contributed by atoms with E-state index in [1.165, 1.54) is 6.42 Å². The predicted molar refractivity (Wildman–Crippen MR) is 83.5 cm³/mol. The molecular weight excluding hydrogens is 270 g/mol. The van der Waals surface area contributed by atoms with Crippen molar-refractivity contribution in [2.75, 3.05) is 39.6 Å². The average Bonchev–Trinajstić information content (AvgIpc) is 2.53. The fraction of sp³-hybridized carbons (Fsp3) is 1.00. The maximum atomic E-state index is 9.92. The van der Waals surface area contributed by atoms with Gasteiger partial charge < -0.3 is 25.0 Å². The molecule has 0 saturated heterocycles. The highest BCUT2D eigenvalue weighted by Crippen LogP contribution is 2.27. The Labute approximate surface area is 129 Å². The number of hydrogen-bond acceptors (Lipinski definition) is 5. The molecule has 1 rings (SSSR count). The van der Waals surface area contributed by atoms with Crippen LogP contribution in [-0.4, -0.2) is 61.4 Å². The molecule has 0 aromatic carbocycles. The molecule has 0 spiro atoms. The van der Waals surface area contributed by atoms with Crippen LogP contribution in [-0.2, 0) is 9.47 Å². The molecule has 5 heteroatoms. The van der Waals surface area contributed by atoms with Crippen molar-refractivity contribution < 1.29 is 19.7 Å². The van der Waals surface area contributed by atoms with E-state index in [9.17, 15) is 10.2 Å². The molecule has 0 heterocycles. The van der Waals surface area contributed by atoms with E-state index in [1.54, 1.807) is 0 Å². The third-order valence-electron chi connectivity index (χ3n) is 4.15. The fourth-order valence-electron chi connectivity index (χ4n) is 2.70. The van der Waals surface area contributed by atoms with Crippen LogP contribution in [0.15, 0.2) is 0 Å².